The van der Waals surface area contributed by atoms with Crippen molar-refractivity contribution >= 4 is 40.7 Å². The van der Waals surface area contributed by atoms with Crippen molar-refractivity contribution < 1.29 is 13.9 Å². The third kappa shape index (κ3) is 4.54. The summed E-state index contributed by atoms with van der Waals surface area (Å²) >= 11 is 10.4. The lowest BCUT2D eigenvalue weighted by atomic mass is 10.3. The molecule has 0 aliphatic rings. The predicted octanol–water partition coefficient (Wildman–Crippen LogP) is 2.92. The molecule has 0 radical (unpaired) electrons. The molecule has 0 aliphatic heterocycles. The lowest BCUT2D eigenvalue weighted by Gasteiger charge is -2.09. The van der Waals surface area contributed by atoms with Crippen LogP contribution in [0.3, 0.4) is 0 Å². The predicted molar refractivity (Wildman–Crippen MR) is 67.8 cm³/mol. The number of alkyl carbamates (subject to hydrolysis) is 1. The Labute approximate surface area is 108 Å². The van der Waals surface area contributed by atoms with Gasteiger partial charge in [-0.15, -0.1) is 0 Å². The number of halogens is 2. The first kappa shape index (κ1) is 13.7. The number of benzene rings is 1. The number of thiocarbonyl (C=S) groups is 1. The minimum absolute atomic E-state index is 0.0334. The van der Waals surface area contributed by atoms with Crippen molar-refractivity contribution in [3.05, 3.63) is 29.0 Å². The van der Waals surface area contributed by atoms with Crippen LogP contribution in [0.5, 0.6) is 0 Å². The SMILES string of the molecule is CCOC(=O)NC(=S)Nc1ccc(F)c(Cl)c1. The van der Waals surface area contributed by atoms with Gasteiger partial charge in [-0.3, -0.25) is 5.32 Å². The van der Waals surface area contributed by atoms with E-state index in [1.54, 1.807) is 6.92 Å². The monoisotopic (exact) mass is 276 g/mol. The van der Waals surface area contributed by atoms with Crippen LogP contribution in [0.4, 0.5) is 14.9 Å². The summed E-state index contributed by atoms with van der Waals surface area (Å²) in [5.41, 5.74) is 0.471. The van der Waals surface area contributed by atoms with Crippen molar-refractivity contribution in [3.63, 3.8) is 0 Å². The molecule has 7 heteroatoms. The molecular formula is C10H10ClFN2O2S. The van der Waals surface area contributed by atoms with Crippen LogP contribution < -0.4 is 10.6 Å². The van der Waals surface area contributed by atoms with E-state index < -0.39 is 11.9 Å². The summed E-state index contributed by atoms with van der Waals surface area (Å²) in [6, 6.07) is 3.99. The lowest BCUT2D eigenvalue weighted by Crippen LogP contribution is -2.34. The molecule has 1 aromatic carbocycles. The fraction of sp³-hybridized carbons (Fsp3) is 0.200. The topological polar surface area (TPSA) is 50.4 Å². The van der Waals surface area contributed by atoms with Gasteiger partial charge in [0.15, 0.2) is 5.11 Å². The molecule has 0 bridgehead atoms. The van der Waals surface area contributed by atoms with Crippen LogP contribution in [0.25, 0.3) is 0 Å². The molecule has 0 heterocycles. The molecule has 1 aromatic rings. The molecule has 0 saturated heterocycles. The molecule has 0 fully saturated rings. The third-order valence-electron chi connectivity index (χ3n) is 1.67. The molecule has 17 heavy (non-hydrogen) atoms. The maximum atomic E-state index is 12.9. The molecule has 0 aromatic heterocycles. The normalized spacial score (nSPS) is 9.59. The average molecular weight is 277 g/mol. The highest BCUT2D eigenvalue weighted by atomic mass is 35.5. The van der Waals surface area contributed by atoms with Crippen LogP contribution in [0, 0.1) is 5.82 Å². The Bertz CT molecular complexity index is 442. The summed E-state index contributed by atoms with van der Waals surface area (Å²) in [4.78, 5) is 11.0. The fourth-order valence-corrected chi connectivity index (χ4v) is 1.38. The van der Waals surface area contributed by atoms with Gasteiger partial charge in [0, 0.05) is 5.69 Å². The summed E-state index contributed by atoms with van der Waals surface area (Å²) in [7, 11) is 0. The Kier molecular flexibility index (Phi) is 5.11. The van der Waals surface area contributed by atoms with Gasteiger partial charge in [0.2, 0.25) is 0 Å². The number of amides is 1. The zero-order valence-corrected chi connectivity index (χ0v) is 10.5. The standard InChI is InChI=1S/C10H10ClFN2O2S/c1-2-16-10(15)14-9(17)13-6-3-4-8(12)7(11)5-6/h3-5H,2H2,1H3,(H2,13,14,15,17). The molecule has 0 aliphatic carbocycles. The molecule has 4 nitrogen and oxygen atoms in total. The maximum Gasteiger partial charge on any atom is 0.413 e. The van der Waals surface area contributed by atoms with E-state index in [-0.39, 0.29) is 16.7 Å². The molecule has 1 rings (SSSR count). The average Bonchev–Trinajstić information content (AvgIpc) is 2.23. The Hall–Kier alpha value is -1.40. The van der Waals surface area contributed by atoms with E-state index in [0.717, 1.165) is 0 Å². The number of hydrogen-bond acceptors (Lipinski definition) is 3. The van der Waals surface area contributed by atoms with Gasteiger partial charge >= 0.3 is 6.09 Å². The quantitative estimate of drug-likeness (QED) is 0.816. The van der Waals surface area contributed by atoms with Crippen LogP contribution in [-0.2, 0) is 4.74 Å². The van der Waals surface area contributed by atoms with Crippen molar-refractivity contribution in [2.45, 2.75) is 6.92 Å². The van der Waals surface area contributed by atoms with Crippen LogP contribution in [-0.4, -0.2) is 17.8 Å². The zero-order valence-electron chi connectivity index (χ0n) is 8.92. The first-order chi connectivity index (χ1) is 8.02. The molecular weight excluding hydrogens is 267 g/mol. The first-order valence-corrected chi connectivity index (χ1v) is 5.51. The largest absolute Gasteiger partial charge is 0.450 e. The van der Waals surface area contributed by atoms with E-state index in [9.17, 15) is 9.18 Å². The highest BCUT2D eigenvalue weighted by Gasteiger charge is 2.06. The van der Waals surface area contributed by atoms with Crippen molar-refractivity contribution in [2.75, 3.05) is 11.9 Å². The van der Waals surface area contributed by atoms with Gasteiger partial charge in [0.05, 0.1) is 11.6 Å². The second kappa shape index (κ2) is 6.36. The van der Waals surface area contributed by atoms with E-state index in [0.29, 0.717) is 5.69 Å². The van der Waals surface area contributed by atoms with Crippen LogP contribution in [0.15, 0.2) is 18.2 Å². The molecule has 0 unspecified atom stereocenters. The van der Waals surface area contributed by atoms with Crippen molar-refractivity contribution in [2.24, 2.45) is 0 Å². The Morgan fingerprint density at radius 2 is 2.29 bits per heavy atom. The van der Waals surface area contributed by atoms with Crippen molar-refractivity contribution in [1.29, 1.82) is 0 Å². The molecule has 0 atom stereocenters. The number of hydrogen-bond donors (Lipinski definition) is 2. The highest BCUT2D eigenvalue weighted by molar-refractivity contribution is 7.80. The lowest BCUT2D eigenvalue weighted by molar-refractivity contribution is 0.158. The molecule has 0 saturated carbocycles. The van der Waals surface area contributed by atoms with Gasteiger partial charge < -0.3 is 10.1 Å². The van der Waals surface area contributed by atoms with Gasteiger partial charge in [0.1, 0.15) is 5.82 Å². The second-order valence-electron chi connectivity index (χ2n) is 2.93. The molecule has 2 N–H and O–H groups in total. The summed E-state index contributed by atoms with van der Waals surface area (Å²) in [5.74, 6) is -0.526. The molecule has 1 amide bonds. The summed E-state index contributed by atoms with van der Waals surface area (Å²) in [6.07, 6.45) is -0.654. The summed E-state index contributed by atoms with van der Waals surface area (Å²) < 4.78 is 17.5. The zero-order chi connectivity index (χ0) is 12.8. The highest BCUT2D eigenvalue weighted by Crippen LogP contribution is 2.19. The number of carbonyl (C=O) groups is 1. The number of nitrogens with one attached hydrogen (secondary N) is 2. The van der Waals surface area contributed by atoms with Gasteiger partial charge in [-0.05, 0) is 37.3 Å². The van der Waals surface area contributed by atoms with E-state index in [4.69, 9.17) is 23.8 Å². The van der Waals surface area contributed by atoms with Crippen molar-refractivity contribution in [3.8, 4) is 0 Å². The van der Waals surface area contributed by atoms with Gasteiger partial charge in [0.25, 0.3) is 0 Å². The van der Waals surface area contributed by atoms with E-state index in [2.05, 4.69) is 15.4 Å². The molecule has 0 spiro atoms. The number of ether oxygens (including phenoxy) is 1. The summed E-state index contributed by atoms with van der Waals surface area (Å²) in [5, 5.41) is 4.97. The van der Waals surface area contributed by atoms with Crippen LogP contribution in [0.1, 0.15) is 6.92 Å². The van der Waals surface area contributed by atoms with Gasteiger partial charge in [-0.2, -0.15) is 0 Å². The van der Waals surface area contributed by atoms with Gasteiger partial charge in [-0.1, -0.05) is 11.6 Å². The summed E-state index contributed by atoms with van der Waals surface area (Å²) in [6.45, 7) is 1.92. The Morgan fingerprint density at radius 1 is 1.59 bits per heavy atom. The Morgan fingerprint density at radius 3 is 2.88 bits per heavy atom. The number of anilines is 1. The van der Waals surface area contributed by atoms with E-state index >= 15 is 0 Å². The minimum atomic E-state index is -0.654. The smallest absolute Gasteiger partial charge is 0.413 e. The van der Waals surface area contributed by atoms with Gasteiger partial charge in [-0.25, -0.2) is 9.18 Å². The van der Waals surface area contributed by atoms with E-state index in [1.165, 1.54) is 18.2 Å². The Balaban J connectivity index is 2.56. The van der Waals surface area contributed by atoms with Crippen LogP contribution >= 0.6 is 23.8 Å². The fourth-order valence-electron chi connectivity index (χ4n) is 0.996. The number of carbonyl (C=O) groups excluding carboxylic acids is 1. The van der Waals surface area contributed by atoms with E-state index in [1.807, 2.05) is 0 Å². The first-order valence-electron chi connectivity index (χ1n) is 4.72. The number of rotatable bonds is 2. The maximum absolute atomic E-state index is 12.9. The minimum Gasteiger partial charge on any atom is -0.450 e. The van der Waals surface area contributed by atoms with Crippen LogP contribution in [0.2, 0.25) is 5.02 Å². The third-order valence-corrected chi connectivity index (χ3v) is 2.16. The van der Waals surface area contributed by atoms with Crippen molar-refractivity contribution in [1.82, 2.24) is 5.32 Å². The molecule has 92 valence electrons. The second-order valence-corrected chi connectivity index (χ2v) is 3.74.